The van der Waals surface area contributed by atoms with Crippen molar-refractivity contribution in [2.45, 2.75) is 46.4 Å². The fourth-order valence-electron chi connectivity index (χ4n) is 2.47. The van der Waals surface area contributed by atoms with E-state index >= 15 is 0 Å². The predicted octanol–water partition coefficient (Wildman–Crippen LogP) is 0.481. The SMILES string of the molecule is CC(=O)OC[C@@H]1C(=O)N2C(C(=O)OC(C)(C)C)=C(OC(C)=O)CO[C@H]12. The molecule has 2 atom stereocenters. The number of carbonyl (C=O) groups excluding carboxylic acids is 4. The van der Waals surface area contributed by atoms with Gasteiger partial charge in [-0.2, -0.15) is 0 Å². The first-order valence-corrected chi connectivity index (χ1v) is 7.74. The number of amides is 1. The zero-order valence-electron chi connectivity index (χ0n) is 14.8. The number of hydrogen-bond acceptors (Lipinski definition) is 8. The van der Waals surface area contributed by atoms with Crippen LogP contribution in [0.4, 0.5) is 0 Å². The van der Waals surface area contributed by atoms with Gasteiger partial charge in [0.05, 0.1) is 0 Å². The number of fused-ring (bicyclic) bond motifs is 1. The summed E-state index contributed by atoms with van der Waals surface area (Å²) in [5.41, 5.74) is -0.963. The lowest BCUT2D eigenvalue weighted by molar-refractivity contribution is -0.205. The normalized spacial score (nSPS) is 22.8. The van der Waals surface area contributed by atoms with Gasteiger partial charge in [0.2, 0.25) is 5.91 Å². The third-order valence-corrected chi connectivity index (χ3v) is 3.37. The van der Waals surface area contributed by atoms with Gasteiger partial charge in [0.15, 0.2) is 17.7 Å². The third kappa shape index (κ3) is 4.16. The van der Waals surface area contributed by atoms with E-state index in [1.54, 1.807) is 20.8 Å². The van der Waals surface area contributed by atoms with Gasteiger partial charge in [0, 0.05) is 13.8 Å². The summed E-state index contributed by atoms with van der Waals surface area (Å²) in [6.07, 6.45) is -0.784. The Bertz CT molecular complexity index is 645. The van der Waals surface area contributed by atoms with E-state index in [0.29, 0.717) is 0 Å². The zero-order valence-corrected chi connectivity index (χ0v) is 14.8. The molecule has 9 nitrogen and oxygen atoms in total. The molecule has 0 unspecified atom stereocenters. The Hall–Kier alpha value is -2.42. The Morgan fingerprint density at radius 1 is 1.20 bits per heavy atom. The number of carbonyl (C=O) groups is 4. The summed E-state index contributed by atoms with van der Waals surface area (Å²) in [6.45, 7) is 7.10. The maximum atomic E-state index is 12.5. The molecule has 0 spiro atoms. The molecule has 2 rings (SSSR count). The molecule has 0 aliphatic carbocycles. The Morgan fingerprint density at radius 2 is 1.84 bits per heavy atom. The van der Waals surface area contributed by atoms with Crippen LogP contribution in [0, 0.1) is 5.92 Å². The van der Waals surface area contributed by atoms with Crippen LogP contribution in [0.2, 0.25) is 0 Å². The number of ether oxygens (including phenoxy) is 4. The van der Waals surface area contributed by atoms with Gasteiger partial charge in [0.1, 0.15) is 24.7 Å². The molecule has 1 amide bonds. The molecule has 2 aliphatic heterocycles. The van der Waals surface area contributed by atoms with Gasteiger partial charge >= 0.3 is 17.9 Å². The summed E-state index contributed by atoms with van der Waals surface area (Å²) >= 11 is 0. The van der Waals surface area contributed by atoms with E-state index in [0.717, 1.165) is 4.90 Å². The second kappa shape index (κ2) is 6.83. The van der Waals surface area contributed by atoms with E-state index in [1.807, 2.05) is 0 Å². The molecular formula is C16H21NO8. The summed E-state index contributed by atoms with van der Waals surface area (Å²) in [4.78, 5) is 48.2. The molecule has 0 saturated carbocycles. The standard InChI is InChI=1S/C16H21NO8/c1-8(18)22-6-10-13(20)17-12(15(21)25-16(3,4)5)11(24-9(2)19)7-23-14(10)17/h10,14H,6-7H2,1-5H3/t10-,14-/m1/s1. The summed E-state index contributed by atoms with van der Waals surface area (Å²) in [5.74, 6) is -3.25. The number of esters is 3. The van der Waals surface area contributed by atoms with Gasteiger partial charge in [0.25, 0.3) is 0 Å². The van der Waals surface area contributed by atoms with Crippen molar-refractivity contribution in [1.29, 1.82) is 0 Å². The van der Waals surface area contributed by atoms with Crippen LogP contribution in [0.1, 0.15) is 34.6 Å². The van der Waals surface area contributed by atoms with Crippen molar-refractivity contribution >= 4 is 23.8 Å². The molecule has 1 saturated heterocycles. The van der Waals surface area contributed by atoms with Crippen molar-refractivity contribution in [1.82, 2.24) is 4.90 Å². The Morgan fingerprint density at radius 3 is 2.36 bits per heavy atom. The fraction of sp³-hybridized carbons (Fsp3) is 0.625. The van der Waals surface area contributed by atoms with Gasteiger partial charge in [-0.1, -0.05) is 0 Å². The number of β-lactam (4-membered cyclic amide) rings is 1. The average Bonchev–Trinajstić information content (AvgIpc) is 2.44. The highest BCUT2D eigenvalue weighted by Crippen LogP contribution is 2.38. The lowest BCUT2D eigenvalue weighted by Crippen LogP contribution is -2.66. The second-order valence-corrected chi connectivity index (χ2v) is 6.69. The molecular weight excluding hydrogens is 334 g/mol. The van der Waals surface area contributed by atoms with Crippen molar-refractivity contribution in [3.05, 3.63) is 11.5 Å². The van der Waals surface area contributed by atoms with Crippen LogP contribution in [-0.4, -0.2) is 53.8 Å². The van der Waals surface area contributed by atoms with Crippen molar-refractivity contribution in [2.24, 2.45) is 5.92 Å². The van der Waals surface area contributed by atoms with Crippen molar-refractivity contribution in [3.8, 4) is 0 Å². The van der Waals surface area contributed by atoms with Gasteiger partial charge in [-0.15, -0.1) is 0 Å². The Kier molecular flexibility index (Phi) is 5.17. The molecule has 138 valence electrons. The molecule has 2 aliphatic rings. The average molecular weight is 355 g/mol. The fourth-order valence-corrected chi connectivity index (χ4v) is 2.47. The van der Waals surface area contributed by atoms with Gasteiger partial charge < -0.3 is 18.9 Å². The van der Waals surface area contributed by atoms with E-state index in [2.05, 4.69) is 0 Å². The Balaban J connectivity index is 2.27. The van der Waals surface area contributed by atoms with Gasteiger partial charge in [-0.3, -0.25) is 19.3 Å². The molecule has 9 heteroatoms. The zero-order chi connectivity index (χ0) is 18.9. The van der Waals surface area contributed by atoms with Crippen molar-refractivity contribution in [2.75, 3.05) is 13.2 Å². The summed E-state index contributed by atoms with van der Waals surface area (Å²) in [5, 5.41) is 0. The highest BCUT2D eigenvalue weighted by Gasteiger charge is 2.56. The number of rotatable bonds is 4. The van der Waals surface area contributed by atoms with E-state index in [1.165, 1.54) is 13.8 Å². The molecule has 0 aromatic carbocycles. The first kappa shape index (κ1) is 18.9. The largest absolute Gasteiger partial charge is 0.465 e. The minimum Gasteiger partial charge on any atom is -0.465 e. The Labute approximate surface area is 144 Å². The van der Waals surface area contributed by atoms with E-state index in [-0.39, 0.29) is 24.7 Å². The first-order valence-electron chi connectivity index (χ1n) is 7.74. The maximum absolute atomic E-state index is 12.5. The lowest BCUT2D eigenvalue weighted by atomic mass is 9.94. The van der Waals surface area contributed by atoms with Crippen LogP contribution in [0.25, 0.3) is 0 Å². The van der Waals surface area contributed by atoms with Crippen molar-refractivity contribution < 1.29 is 38.1 Å². The smallest absolute Gasteiger partial charge is 0.359 e. The summed E-state index contributed by atoms with van der Waals surface area (Å²) in [7, 11) is 0. The minimum absolute atomic E-state index is 0.0858. The molecule has 1 fully saturated rings. The second-order valence-electron chi connectivity index (χ2n) is 6.69. The third-order valence-electron chi connectivity index (χ3n) is 3.37. The molecule has 0 N–H and O–H groups in total. The quantitative estimate of drug-likeness (QED) is 0.407. The van der Waals surface area contributed by atoms with Gasteiger partial charge in [-0.25, -0.2) is 4.79 Å². The van der Waals surface area contributed by atoms with E-state index < -0.39 is 41.6 Å². The minimum atomic E-state index is -0.801. The highest BCUT2D eigenvalue weighted by atomic mass is 16.6. The van der Waals surface area contributed by atoms with Gasteiger partial charge in [-0.05, 0) is 20.8 Å². The van der Waals surface area contributed by atoms with Crippen LogP contribution in [-0.2, 0) is 38.1 Å². The topological polar surface area (TPSA) is 108 Å². The monoisotopic (exact) mass is 355 g/mol. The predicted molar refractivity (Wildman–Crippen MR) is 81.3 cm³/mol. The van der Waals surface area contributed by atoms with Crippen molar-refractivity contribution in [3.63, 3.8) is 0 Å². The van der Waals surface area contributed by atoms with E-state index in [9.17, 15) is 19.2 Å². The maximum Gasteiger partial charge on any atom is 0.359 e. The first-order chi connectivity index (χ1) is 11.5. The molecule has 25 heavy (non-hydrogen) atoms. The molecule has 0 aromatic rings. The highest BCUT2D eigenvalue weighted by molar-refractivity contribution is 5.99. The molecule has 0 bridgehead atoms. The van der Waals surface area contributed by atoms with Crippen LogP contribution >= 0.6 is 0 Å². The molecule has 2 heterocycles. The lowest BCUT2D eigenvalue weighted by Gasteiger charge is -2.48. The van der Waals surface area contributed by atoms with Crippen LogP contribution < -0.4 is 0 Å². The molecule has 0 aromatic heterocycles. The number of hydrogen-bond donors (Lipinski definition) is 0. The summed E-state index contributed by atoms with van der Waals surface area (Å²) in [6, 6.07) is 0. The van der Waals surface area contributed by atoms with Crippen LogP contribution in [0.15, 0.2) is 11.5 Å². The molecule has 0 radical (unpaired) electrons. The summed E-state index contributed by atoms with van der Waals surface area (Å²) < 4.78 is 20.6. The van der Waals surface area contributed by atoms with Crippen LogP contribution in [0.3, 0.4) is 0 Å². The van der Waals surface area contributed by atoms with Crippen LogP contribution in [0.5, 0.6) is 0 Å². The number of nitrogens with zero attached hydrogens (tertiary/aromatic N) is 1. The van der Waals surface area contributed by atoms with E-state index in [4.69, 9.17) is 18.9 Å².